The second-order valence-electron chi connectivity index (χ2n) is 6.29. The zero-order chi connectivity index (χ0) is 16.1. The zero-order valence-electron chi connectivity index (χ0n) is 13.2. The molecule has 1 aliphatic rings. The van der Waals surface area contributed by atoms with Crippen LogP contribution in [0.5, 0.6) is 0 Å². The molecular weight excluding hydrogens is 292 g/mol. The number of nitrogens with zero attached hydrogens (tertiary/aromatic N) is 5. The lowest BCUT2D eigenvalue weighted by molar-refractivity contribution is 0.163. The lowest BCUT2D eigenvalue weighted by atomic mass is 10.1. The second kappa shape index (κ2) is 5.14. The number of benzene rings is 1. The van der Waals surface area contributed by atoms with Crippen LogP contribution < -0.4 is 5.73 Å². The summed E-state index contributed by atoms with van der Waals surface area (Å²) in [4.78, 5) is 9.28. The number of para-hydroxylation sites is 2. The van der Waals surface area contributed by atoms with Crippen molar-refractivity contribution in [2.24, 2.45) is 12.8 Å². The minimum atomic E-state index is -0.481. The minimum absolute atomic E-state index is 0.0982. The highest BCUT2D eigenvalue weighted by Gasteiger charge is 2.35. The predicted molar refractivity (Wildman–Crippen MR) is 86.3 cm³/mol. The fourth-order valence-corrected chi connectivity index (χ4v) is 3.42. The van der Waals surface area contributed by atoms with Gasteiger partial charge in [0.1, 0.15) is 11.6 Å². The molecule has 7 nitrogen and oxygen atoms in total. The van der Waals surface area contributed by atoms with Gasteiger partial charge in [0.05, 0.1) is 17.1 Å². The molecular formula is C16H20N6O. The molecule has 0 spiro atoms. The van der Waals surface area contributed by atoms with Gasteiger partial charge < -0.3 is 15.4 Å². The van der Waals surface area contributed by atoms with Gasteiger partial charge in [-0.2, -0.15) is 4.68 Å². The predicted octanol–water partition coefficient (Wildman–Crippen LogP) is 1.03. The third-order valence-corrected chi connectivity index (χ3v) is 4.63. The first-order chi connectivity index (χ1) is 11.0. The number of aryl methyl sites for hydroxylation is 2. The van der Waals surface area contributed by atoms with Crippen molar-refractivity contribution < 1.29 is 5.11 Å². The number of aliphatic hydroxyl groups is 1. The molecule has 0 saturated heterocycles. The minimum Gasteiger partial charge on any atom is -0.391 e. The van der Waals surface area contributed by atoms with Gasteiger partial charge in [0.15, 0.2) is 0 Å². The molecule has 2 aromatic heterocycles. The summed E-state index contributed by atoms with van der Waals surface area (Å²) >= 11 is 0. The summed E-state index contributed by atoms with van der Waals surface area (Å²) in [5.74, 6) is 2.35. The Bertz CT molecular complexity index is 857. The molecule has 0 amide bonds. The maximum absolute atomic E-state index is 9.96. The first-order valence-corrected chi connectivity index (χ1v) is 7.83. The van der Waals surface area contributed by atoms with E-state index in [1.807, 2.05) is 42.8 Å². The number of fused-ring (bicyclic) bond motifs is 1. The summed E-state index contributed by atoms with van der Waals surface area (Å²) in [5.41, 5.74) is 7.93. The fraction of sp³-hybridized carbons (Fsp3) is 0.438. The molecule has 120 valence electrons. The van der Waals surface area contributed by atoms with E-state index in [9.17, 15) is 5.11 Å². The maximum atomic E-state index is 9.96. The van der Waals surface area contributed by atoms with Crippen LogP contribution in [0.4, 0.5) is 0 Å². The third kappa shape index (κ3) is 2.24. The van der Waals surface area contributed by atoms with Gasteiger partial charge in [0.2, 0.25) is 5.95 Å². The summed E-state index contributed by atoms with van der Waals surface area (Å²) in [5, 5.41) is 14.5. The van der Waals surface area contributed by atoms with Gasteiger partial charge in [0, 0.05) is 19.0 Å². The van der Waals surface area contributed by atoms with Crippen LogP contribution in [-0.4, -0.2) is 41.6 Å². The highest BCUT2D eigenvalue weighted by Crippen LogP contribution is 2.34. The summed E-state index contributed by atoms with van der Waals surface area (Å²) in [6.45, 7) is 1.87. The highest BCUT2D eigenvalue weighted by molar-refractivity contribution is 5.77. The summed E-state index contributed by atoms with van der Waals surface area (Å²) < 4.78 is 3.81. The Morgan fingerprint density at radius 2 is 2.00 bits per heavy atom. The molecule has 0 aliphatic heterocycles. The van der Waals surface area contributed by atoms with Crippen LogP contribution >= 0.6 is 0 Å². The molecule has 1 aromatic carbocycles. The second-order valence-corrected chi connectivity index (χ2v) is 6.29. The molecule has 3 N–H and O–H groups in total. The monoisotopic (exact) mass is 312 g/mol. The number of imidazole rings is 1. The number of aromatic nitrogens is 5. The molecule has 3 atom stereocenters. The molecule has 1 fully saturated rings. The molecule has 23 heavy (non-hydrogen) atoms. The van der Waals surface area contributed by atoms with Gasteiger partial charge in [-0.3, -0.25) is 0 Å². The topological polar surface area (TPSA) is 94.8 Å². The molecule has 4 rings (SSSR count). The fourth-order valence-electron chi connectivity index (χ4n) is 3.42. The van der Waals surface area contributed by atoms with E-state index >= 15 is 0 Å². The van der Waals surface area contributed by atoms with E-state index in [1.165, 1.54) is 0 Å². The Kier molecular flexibility index (Phi) is 3.21. The first kappa shape index (κ1) is 14.3. The van der Waals surface area contributed by atoms with Gasteiger partial charge in [0.25, 0.3) is 0 Å². The van der Waals surface area contributed by atoms with Crippen LogP contribution in [-0.2, 0) is 7.05 Å². The Hall–Kier alpha value is -2.25. The number of hydrogen-bond donors (Lipinski definition) is 2. The van der Waals surface area contributed by atoms with Crippen molar-refractivity contribution in [1.29, 1.82) is 0 Å². The molecule has 0 bridgehead atoms. The Morgan fingerprint density at radius 1 is 1.22 bits per heavy atom. The van der Waals surface area contributed by atoms with E-state index in [0.717, 1.165) is 22.8 Å². The van der Waals surface area contributed by atoms with E-state index in [1.54, 1.807) is 4.68 Å². The number of hydrogen-bond acceptors (Lipinski definition) is 5. The van der Waals surface area contributed by atoms with Gasteiger partial charge in [-0.15, -0.1) is 5.10 Å². The molecule has 3 aromatic rings. The van der Waals surface area contributed by atoms with Crippen molar-refractivity contribution >= 4 is 11.0 Å². The van der Waals surface area contributed by atoms with E-state index < -0.39 is 6.10 Å². The zero-order valence-corrected chi connectivity index (χ0v) is 13.2. The Labute approximate surface area is 133 Å². The summed E-state index contributed by atoms with van der Waals surface area (Å²) in [6, 6.07) is 7.78. The van der Waals surface area contributed by atoms with Crippen molar-refractivity contribution in [3.8, 4) is 5.95 Å². The van der Waals surface area contributed by atoms with E-state index in [0.29, 0.717) is 18.7 Å². The molecule has 2 heterocycles. The van der Waals surface area contributed by atoms with Crippen molar-refractivity contribution in [3.63, 3.8) is 0 Å². The van der Waals surface area contributed by atoms with E-state index in [-0.39, 0.29) is 12.0 Å². The van der Waals surface area contributed by atoms with Crippen LogP contribution in [0, 0.1) is 6.92 Å². The maximum Gasteiger partial charge on any atom is 0.233 e. The standard InChI is InChI=1S/C16H20N6O/c1-9-18-15(10-7-11(17)14(23)8-10)22(20-9)16-19-12-5-3-4-6-13(12)21(16)2/h3-6,10-11,14,23H,7-8,17H2,1-2H3/t10-,11+,14+/m0/s1. The summed E-state index contributed by atoms with van der Waals surface area (Å²) in [6.07, 6.45) is 0.845. The van der Waals surface area contributed by atoms with Crippen LogP contribution in [0.3, 0.4) is 0 Å². The van der Waals surface area contributed by atoms with Crippen molar-refractivity contribution in [2.45, 2.75) is 37.8 Å². The highest BCUT2D eigenvalue weighted by atomic mass is 16.3. The molecule has 0 radical (unpaired) electrons. The molecule has 1 aliphatic carbocycles. The number of aliphatic hydroxyl groups excluding tert-OH is 1. The normalized spacial score (nSPS) is 24.6. The quantitative estimate of drug-likeness (QED) is 0.737. The van der Waals surface area contributed by atoms with Gasteiger partial charge in [-0.25, -0.2) is 9.97 Å². The Morgan fingerprint density at radius 3 is 2.70 bits per heavy atom. The number of rotatable bonds is 2. The Balaban J connectivity index is 1.84. The van der Waals surface area contributed by atoms with Crippen molar-refractivity contribution in [3.05, 3.63) is 35.9 Å². The summed E-state index contributed by atoms with van der Waals surface area (Å²) in [7, 11) is 1.97. The number of nitrogens with two attached hydrogens (primary N) is 1. The van der Waals surface area contributed by atoms with Gasteiger partial charge in [-0.05, 0) is 31.9 Å². The van der Waals surface area contributed by atoms with E-state index in [2.05, 4.69) is 10.1 Å². The molecule has 0 unspecified atom stereocenters. The van der Waals surface area contributed by atoms with Crippen LogP contribution in [0.25, 0.3) is 17.0 Å². The molecule has 1 saturated carbocycles. The van der Waals surface area contributed by atoms with Crippen LogP contribution in [0.15, 0.2) is 24.3 Å². The molecule has 7 heteroatoms. The van der Waals surface area contributed by atoms with E-state index in [4.69, 9.17) is 10.7 Å². The average molecular weight is 312 g/mol. The smallest absolute Gasteiger partial charge is 0.233 e. The van der Waals surface area contributed by atoms with Gasteiger partial charge >= 0.3 is 0 Å². The van der Waals surface area contributed by atoms with Gasteiger partial charge in [-0.1, -0.05) is 12.1 Å². The first-order valence-electron chi connectivity index (χ1n) is 7.83. The van der Waals surface area contributed by atoms with Crippen LogP contribution in [0.1, 0.15) is 30.4 Å². The van der Waals surface area contributed by atoms with Crippen molar-refractivity contribution in [2.75, 3.05) is 0 Å². The average Bonchev–Trinajstić information content (AvgIpc) is 3.17. The van der Waals surface area contributed by atoms with Crippen LogP contribution in [0.2, 0.25) is 0 Å². The third-order valence-electron chi connectivity index (χ3n) is 4.63. The van der Waals surface area contributed by atoms with Crippen molar-refractivity contribution in [1.82, 2.24) is 24.3 Å². The lowest BCUT2D eigenvalue weighted by Gasteiger charge is -2.10. The SMILES string of the molecule is Cc1nc([C@H]2C[C@@H](N)[C@H](O)C2)n(-c2nc3ccccc3n2C)n1. The lowest BCUT2D eigenvalue weighted by Crippen LogP contribution is -2.28. The largest absolute Gasteiger partial charge is 0.391 e.